The predicted molar refractivity (Wildman–Crippen MR) is 174 cm³/mol. The molecule has 1 fully saturated rings. The van der Waals surface area contributed by atoms with Gasteiger partial charge in [-0.3, -0.25) is 4.90 Å². The highest BCUT2D eigenvalue weighted by Crippen LogP contribution is 2.42. The van der Waals surface area contributed by atoms with Crippen molar-refractivity contribution in [3.63, 3.8) is 0 Å². The Bertz CT molecular complexity index is 1480. The van der Waals surface area contributed by atoms with Gasteiger partial charge in [0.1, 0.15) is 0 Å². The molecule has 4 aromatic rings. The zero-order valence-electron chi connectivity index (χ0n) is 25.8. The minimum atomic E-state index is -0.523. The van der Waals surface area contributed by atoms with E-state index in [-0.39, 0.29) is 30.8 Å². The Labute approximate surface area is 260 Å². The monoisotopic (exact) mass is 593 g/mol. The fourth-order valence-corrected chi connectivity index (χ4v) is 5.69. The number of benzene rings is 4. The van der Waals surface area contributed by atoms with Gasteiger partial charge in [-0.25, -0.2) is 4.79 Å². The largest absolute Gasteiger partial charge is 0.392 e. The molecule has 4 atom stereocenters. The SMILES string of the molecule is CCNC(=O)NCc1cccc(-c2ccc(C3OC(CN(C)Cc4ccccc4)C(C)C(c4ccc(CO)cc4)O3)cc2)c1. The summed E-state index contributed by atoms with van der Waals surface area (Å²) >= 11 is 0. The van der Waals surface area contributed by atoms with Gasteiger partial charge in [-0.2, -0.15) is 0 Å². The van der Waals surface area contributed by atoms with Crippen LogP contribution in [0.2, 0.25) is 0 Å². The Morgan fingerprint density at radius 1 is 0.795 bits per heavy atom. The third-order valence-electron chi connectivity index (χ3n) is 8.14. The average molecular weight is 594 g/mol. The number of ether oxygens (including phenoxy) is 2. The molecule has 0 aliphatic carbocycles. The Morgan fingerprint density at radius 3 is 2.20 bits per heavy atom. The van der Waals surface area contributed by atoms with Gasteiger partial charge in [-0.1, -0.05) is 104 Å². The van der Waals surface area contributed by atoms with Crippen molar-refractivity contribution in [2.45, 2.75) is 52.0 Å². The molecule has 2 amide bonds. The first kappa shape index (κ1) is 31.4. The quantitative estimate of drug-likeness (QED) is 0.183. The van der Waals surface area contributed by atoms with Gasteiger partial charge in [0.25, 0.3) is 0 Å². The summed E-state index contributed by atoms with van der Waals surface area (Å²) in [7, 11) is 2.13. The van der Waals surface area contributed by atoms with E-state index >= 15 is 0 Å². The number of carbonyl (C=O) groups is 1. The lowest BCUT2D eigenvalue weighted by molar-refractivity contribution is -0.276. The molecule has 1 saturated heterocycles. The van der Waals surface area contributed by atoms with E-state index in [0.717, 1.165) is 46.5 Å². The molecule has 1 aliphatic heterocycles. The van der Waals surface area contributed by atoms with Gasteiger partial charge in [0.05, 0.1) is 18.8 Å². The van der Waals surface area contributed by atoms with Gasteiger partial charge < -0.3 is 25.2 Å². The van der Waals surface area contributed by atoms with Crippen LogP contribution in [0.15, 0.2) is 103 Å². The van der Waals surface area contributed by atoms with Crippen molar-refractivity contribution >= 4 is 6.03 Å². The predicted octanol–water partition coefficient (Wildman–Crippen LogP) is 6.59. The van der Waals surface area contributed by atoms with Gasteiger partial charge in [-0.05, 0) is 53.4 Å². The zero-order chi connectivity index (χ0) is 30.9. The number of hydrogen-bond acceptors (Lipinski definition) is 5. The summed E-state index contributed by atoms with van der Waals surface area (Å²) in [6.45, 7) is 6.75. The minimum Gasteiger partial charge on any atom is -0.392 e. The van der Waals surface area contributed by atoms with Crippen molar-refractivity contribution < 1.29 is 19.4 Å². The van der Waals surface area contributed by atoms with Gasteiger partial charge in [0, 0.05) is 37.7 Å². The highest BCUT2D eigenvalue weighted by molar-refractivity contribution is 5.73. The van der Waals surface area contributed by atoms with E-state index in [2.05, 4.69) is 102 Å². The van der Waals surface area contributed by atoms with Gasteiger partial charge in [-0.15, -0.1) is 0 Å². The fraction of sp³-hybridized carbons (Fsp3) is 0.324. The van der Waals surface area contributed by atoms with E-state index in [4.69, 9.17) is 9.47 Å². The molecule has 0 bridgehead atoms. The molecule has 0 aromatic heterocycles. The third kappa shape index (κ3) is 8.12. The maximum Gasteiger partial charge on any atom is 0.315 e. The van der Waals surface area contributed by atoms with Gasteiger partial charge >= 0.3 is 6.03 Å². The summed E-state index contributed by atoms with van der Waals surface area (Å²) in [6, 6.07) is 34.9. The Hall–Kier alpha value is -4.01. The van der Waals surface area contributed by atoms with E-state index in [1.807, 2.05) is 37.3 Å². The minimum absolute atomic E-state index is 0.0138. The second-order valence-electron chi connectivity index (χ2n) is 11.5. The number of hydrogen-bond donors (Lipinski definition) is 3. The molecule has 3 N–H and O–H groups in total. The summed E-state index contributed by atoms with van der Waals surface area (Å²) < 4.78 is 13.3. The standard InChI is InChI=1S/C37H43N3O4/c1-4-38-37(42)39-22-29-11-8-12-33(21-29)30-17-19-32(20-18-30)36-43-34(24-40(3)23-27-9-6-5-7-10-27)26(2)35(44-36)31-15-13-28(25-41)14-16-31/h5-21,26,34-36,41H,4,22-25H2,1-3H3,(H2,38,39,42). The maximum absolute atomic E-state index is 11.8. The molecule has 5 rings (SSSR count). The molecule has 0 saturated carbocycles. The van der Waals surface area contributed by atoms with Crippen LogP contribution >= 0.6 is 0 Å². The van der Waals surface area contributed by atoms with Gasteiger partial charge in [0.15, 0.2) is 6.29 Å². The molecule has 4 aromatic carbocycles. The first-order chi connectivity index (χ1) is 21.4. The number of rotatable bonds is 11. The topological polar surface area (TPSA) is 83.1 Å². The molecule has 0 spiro atoms. The molecule has 44 heavy (non-hydrogen) atoms. The van der Waals surface area contributed by atoms with E-state index in [1.165, 1.54) is 5.56 Å². The maximum atomic E-state index is 11.8. The number of likely N-dealkylation sites (N-methyl/N-ethyl adjacent to an activating group) is 1. The van der Waals surface area contributed by atoms with Crippen LogP contribution in [0, 0.1) is 5.92 Å². The molecule has 230 valence electrons. The summed E-state index contributed by atoms with van der Waals surface area (Å²) in [5.41, 5.74) is 7.37. The summed E-state index contributed by atoms with van der Waals surface area (Å²) in [4.78, 5) is 14.1. The van der Waals surface area contributed by atoms with Crippen LogP contribution < -0.4 is 10.6 Å². The Balaban J connectivity index is 1.34. The van der Waals surface area contributed by atoms with Crippen LogP contribution in [0.1, 0.15) is 54.1 Å². The number of nitrogens with one attached hydrogen (secondary N) is 2. The smallest absolute Gasteiger partial charge is 0.315 e. The van der Waals surface area contributed by atoms with Crippen molar-refractivity contribution in [2.24, 2.45) is 5.92 Å². The highest BCUT2D eigenvalue weighted by Gasteiger charge is 2.38. The molecule has 0 radical (unpaired) electrons. The number of aliphatic hydroxyl groups excluding tert-OH is 1. The van der Waals surface area contributed by atoms with Crippen molar-refractivity contribution in [1.29, 1.82) is 0 Å². The fourth-order valence-electron chi connectivity index (χ4n) is 5.69. The third-order valence-corrected chi connectivity index (χ3v) is 8.14. The first-order valence-corrected chi connectivity index (χ1v) is 15.4. The van der Waals surface area contributed by atoms with E-state index in [1.54, 1.807) is 0 Å². The summed E-state index contributed by atoms with van der Waals surface area (Å²) in [5, 5.41) is 15.2. The molecule has 7 heteroatoms. The lowest BCUT2D eigenvalue weighted by Crippen LogP contribution is -2.43. The van der Waals surface area contributed by atoms with Crippen LogP contribution in [-0.2, 0) is 29.2 Å². The van der Waals surface area contributed by atoms with Crippen LogP contribution in [0.5, 0.6) is 0 Å². The van der Waals surface area contributed by atoms with Crippen LogP contribution in [-0.4, -0.2) is 42.3 Å². The van der Waals surface area contributed by atoms with Gasteiger partial charge in [0.2, 0.25) is 0 Å². The normalized spacial score (nSPS) is 19.9. The Morgan fingerprint density at radius 2 is 1.50 bits per heavy atom. The molecule has 4 unspecified atom stereocenters. The van der Waals surface area contributed by atoms with E-state index < -0.39 is 6.29 Å². The lowest BCUT2D eigenvalue weighted by atomic mass is 9.90. The van der Waals surface area contributed by atoms with E-state index in [0.29, 0.717) is 13.1 Å². The van der Waals surface area contributed by atoms with Crippen molar-refractivity contribution in [3.05, 3.63) is 131 Å². The Kier molecular flexibility index (Phi) is 10.8. The van der Waals surface area contributed by atoms with Crippen molar-refractivity contribution in [2.75, 3.05) is 20.1 Å². The highest BCUT2D eigenvalue weighted by atomic mass is 16.7. The molecule has 1 aliphatic rings. The molecular weight excluding hydrogens is 550 g/mol. The summed E-state index contributed by atoms with van der Waals surface area (Å²) in [5.74, 6) is 0.111. The number of nitrogens with zero attached hydrogens (tertiary/aromatic N) is 1. The zero-order valence-corrected chi connectivity index (χ0v) is 25.8. The number of carbonyl (C=O) groups excluding carboxylic acids is 1. The molecule has 1 heterocycles. The first-order valence-electron chi connectivity index (χ1n) is 15.4. The lowest BCUT2D eigenvalue weighted by Gasteiger charge is -2.42. The van der Waals surface area contributed by atoms with Crippen LogP contribution in [0.3, 0.4) is 0 Å². The van der Waals surface area contributed by atoms with Crippen molar-refractivity contribution in [3.8, 4) is 11.1 Å². The summed E-state index contributed by atoms with van der Waals surface area (Å²) in [6.07, 6.45) is -0.741. The molecule has 7 nitrogen and oxygen atoms in total. The van der Waals surface area contributed by atoms with Crippen LogP contribution in [0.4, 0.5) is 4.79 Å². The number of amides is 2. The number of urea groups is 1. The average Bonchev–Trinajstić information content (AvgIpc) is 3.05. The number of aliphatic hydroxyl groups is 1. The van der Waals surface area contributed by atoms with Crippen molar-refractivity contribution in [1.82, 2.24) is 15.5 Å². The molecular formula is C37H43N3O4. The van der Waals surface area contributed by atoms with Crippen LogP contribution in [0.25, 0.3) is 11.1 Å². The van der Waals surface area contributed by atoms with E-state index in [9.17, 15) is 9.90 Å². The second kappa shape index (κ2) is 15.1. The second-order valence-corrected chi connectivity index (χ2v) is 11.5.